The van der Waals surface area contributed by atoms with Crippen molar-refractivity contribution in [2.24, 2.45) is 5.41 Å². The van der Waals surface area contributed by atoms with E-state index in [9.17, 15) is 9.59 Å². The van der Waals surface area contributed by atoms with Gasteiger partial charge in [-0.2, -0.15) is 4.98 Å². The van der Waals surface area contributed by atoms with E-state index in [1.165, 1.54) is 10.5 Å². The molecular weight excluding hydrogens is 460 g/mol. The van der Waals surface area contributed by atoms with E-state index in [4.69, 9.17) is 9.84 Å². The Morgan fingerprint density at radius 3 is 2.50 bits per heavy atom. The van der Waals surface area contributed by atoms with Crippen LogP contribution in [0.4, 0.5) is 21.4 Å². The average molecular weight is 495 g/mol. The molecule has 0 bridgehead atoms. The SMILES string of the molecule is CC(C)N1C(=O)OCc2cnc(N[C@@H](C)c3ccc(CN4CC5(CCN(C(=O)O)CC5)C4)cc3)nc21. The number of aromatic nitrogens is 2. The fraction of sp³-hybridized carbons (Fsp3) is 0.538. The summed E-state index contributed by atoms with van der Waals surface area (Å²) in [6.45, 7) is 10.4. The topological polar surface area (TPSA) is 111 Å². The number of likely N-dealkylation sites (tertiary alicyclic amines) is 2. The Morgan fingerprint density at radius 1 is 1.17 bits per heavy atom. The Labute approximate surface area is 211 Å². The van der Waals surface area contributed by atoms with Gasteiger partial charge >= 0.3 is 12.2 Å². The molecule has 2 amide bonds. The lowest BCUT2D eigenvalue weighted by atomic mass is 9.72. The number of nitrogens with one attached hydrogen (secondary N) is 1. The first kappa shape index (κ1) is 24.3. The van der Waals surface area contributed by atoms with Gasteiger partial charge in [0.15, 0.2) is 0 Å². The summed E-state index contributed by atoms with van der Waals surface area (Å²) in [5.74, 6) is 1.08. The fourth-order valence-electron chi connectivity index (χ4n) is 5.48. The first-order valence-electron chi connectivity index (χ1n) is 12.6. The predicted octanol–water partition coefficient (Wildman–Crippen LogP) is 4.09. The molecule has 1 spiro atoms. The summed E-state index contributed by atoms with van der Waals surface area (Å²) in [5.41, 5.74) is 3.48. The van der Waals surface area contributed by atoms with Gasteiger partial charge in [-0.25, -0.2) is 14.6 Å². The van der Waals surface area contributed by atoms with Crippen molar-refractivity contribution >= 4 is 24.0 Å². The first-order valence-corrected chi connectivity index (χ1v) is 12.6. The van der Waals surface area contributed by atoms with Gasteiger partial charge in [0.25, 0.3) is 0 Å². The zero-order valence-electron chi connectivity index (χ0n) is 21.1. The molecule has 0 saturated carbocycles. The number of piperidine rings is 1. The number of fused-ring (bicyclic) bond motifs is 1. The third-order valence-electron chi connectivity index (χ3n) is 7.58. The van der Waals surface area contributed by atoms with Crippen LogP contribution in [-0.4, -0.2) is 69.3 Å². The molecule has 4 heterocycles. The minimum Gasteiger partial charge on any atom is -0.465 e. The van der Waals surface area contributed by atoms with Gasteiger partial charge in [0.05, 0.1) is 11.6 Å². The van der Waals surface area contributed by atoms with Crippen LogP contribution in [0, 0.1) is 5.41 Å². The molecule has 1 atom stereocenters. The van der Waals surface area contributed by atoms with E-state index in [0.717, 1.165) is 43.6 Å². The monoisotopic (exact) mass is 494 g/mol. The van der Waals surface area contributed by atoms with E-state index in [-0.39, 0.29) is 24.8 Å². The molecule has 0 aliphatic carbocycles. The van der Waals surface area contributed by atoms with E-state index in [0.29, 0.717) is 30.3 Å². The van der Waals surface area contributed by atoms with Crippen LogP contribution in [0.3, 0.4) is 0 Å². The van der Waals surface area contributed by atoms with Gasteiger partial charge in [-0.05, 0) is 50.2 Å². The van der Waals surface area contributed by atoms with Gasteiger partial charge in [0.2, 0.25) is 5.95 Å². The number of hydrogen-bond acceptors (Lipinski definition) is 7. The summed E-state index contributed by atoms with van der Waals surface area (Å²) in [6, 6.07) is 8.51. The lowest BCUT2D eigenvalue weighted by Crippen LogP contribution is -2.60. The van der Waals surface area contributed by atoms with E-state index >= 15 is 0 Å². The maximum Gasteiger partial charge on any atom is 0.416 e. The van der Waals surface area contributed by atoms with Crippen molar-refractivity contribution in [1.29, 1.82) is 0 Å². The molecule has 2 fully saturated rings. The summed E-state index contributed by atoms with van der Waals surface area (Å²) in [4.78, 5) is 37.9. The van der Waals surface area contributed by atoms with Crippen LogP contribution < -0.4 is 10.2 Å². The third kappa shape index (κ3) is 4.82. The van der Waals surface area contributed by atoms with Crippen LogP contribution in [0.1, 0.15) is 56.3 Å². The quantitative estimate of drug-likeness (QED) is 0.618. The van der Waals surface area contributed by atoms with Crippen LogP contribution in [-0.2, 0) is 17.9 Å². The summed E-state index contributed by atoms with van der Waals surface area (Å²) in [6.07, 6.45) is 2.44. The number of carbonyl (C=O) groups is 2. The van der Waals surface area contributed by atoms with Crippen molar-refractivity contribution in [3.8, 4) is 0 Å². The molecule has 2 saturated heterocycles. The first-order chi connectivity index (χ1) is 17.2. The number of cyclic esters (lactones) is 1. The molecule has 0 radical (unpaired) electrons. The number of carboxylic acid groups (broad SMARTS) is 1. The van der Waals surface area contributed by atoms with Crippen LogP contribution in [0.5, 0.6) is 0 Å². The highest BCUT2D eigenvalue weighted by Crippen LogP contribution is 2.41. The van der Waals surface area contributed by atoms with Gasteiger partial charge in [-0.3, -0.25) is 9.80 Å². The number of hydrogen-bond donors (Lipinski definition) is 2. The summed E-state index contributed by atoms with van der Waals surface area (Å²) in [5, 5.41) is 12.5. The molecule has 3 aliphatic rings. The van der Waals surface area contributed by atoms with Gasteiger partial charge in [0.1, 0.15) is 12.4 Å². The van der Waals surface area contributed by atoms with E-state index in [1.54, 1.807) is 11.1 Å². The second-order valence-electron chi connectivity index (χ2n) is 10.6. The summed E-state index contributed by atoms with van der Waals surface area (Å²) >= 11 is 0. The molecule has 1 aromatic carbocycles. The maximum absolute atomic E-state index is 12.2. The molecule has 2 N–H and O–H groups in total. The standard InChI is InChI=1S/C26H34N6O4/c1-17(2)32-22-21(14-36-25(32)35)12-27-23(29-22)28-18(3)20-6-4-19(5-7-20)13-30-15-26(16-30)8-10-31(11-9-26)24(33)34/h4-7,12,17-18H,8-11,13-16H2,1-3H3,(H,33,34)(H,27,28,29)/t18-/m0/s1. The zero-order valence-corrected chi connectivity index (χ0v) is 21.1. The molecule has 1 aromatic heterocycles. The van der Waals surface area contributed by atoms with Crippen molar-refractivity contribution in [2.45, 2.75) is 58.8 Å². The zero-order chi connectivity index (χ0) is 25.4. The van der Waals surface area contributed by atoms with Crippen LogP contribution >= 0.6 is 0 Å². The number of rotatable bonds is 6. The Bertz CT molecular complexity index is 1120. The van der Waals surface area contributed by atoms with Crippen molar-refractivity contribution in [3.05, 3.63) is 47.2 Å². The highest BCUT2D eigenvalue weighted by Gasteiger charge is 2.45. The van der Waals surface area contributed by atoms with Crippen LogP contribution in [0.2, 0.25) is 0 Å². The summed E-state index contributed by atoms with van der Waals surface area (Å²) < 4.78 is 5.22. The number of carbonyl (C=O) groups excluding carboxylic acids is 1. The molecule has 5 rings (SSSR count). The minimum atomic E-state index is -0.801. The van der Waals surface area contributed by atoms with Crippen molar-refractivity contribution < 1.29 is 19.4 Å². The van der Waals surface area contributed by atoms with Gasteiger partial charge < -0.3 is 20.1 Å². The highest BCUT2D eigenvalue weighted by molar-refractivity contribution is 5.89. The second kappa shape index (κ2) is 9.57. The molecule has 192 valence electrons. The van der Waals surface area contributed by atoms with E-state index in [1.807, 2.05) is 13.8 Å². The number of nitrogens with zero attached hydrogens (tertiary/aromatic N) is 5. The maximum atomic E-state index is 12.2. The molecule has 2 aromatic rings. The molecule has 10 nitrogen and oxygen atoms in total. The molecule has 10 heteroatoms. The Balaban J connectivity index is 1.16. The van der Waals surface area contributed by atoms with Crippen LogP contribution in [0.25, 0.3) is 0 Å². The number of amides is 2. The van der Waals surface area contributed by atoms with Gasteiger partial charge in [-0.15, -0.1) is 0 Å². The lowest BCUT2D eigenvalue weighted by Gasteiger charge is -2.53. The Kier molecular flexibility index (Phi) is 6.46. The van der Waals surface area contributed by atoms with Crippen molar-refractivity contribution in [3.63, 3.8) is 0 Å². The van der Waals surface area contributed by atoms with Gasteiger partial charge in [0, 0.05) is 45.0 Å². The highest BCUT2D eigenvalue weighted by atomic mass is 16.6. The Hall–Kier alpha value is -3.40. The molecule has 0 unspecified atom stereocenters. The smallest absolute Gasteiger partial charge is 0.416 e. The fourth-order valence-corrected chi connectivity index (χ4v) is 5.48. The van der Waals surface area contributed by atoms with Gasteiger partial charge in [-0.1, -0.05) is 24.3 Å². The minimum absolute atomic E-state index is 0.00756. The number of benzene rings is 1. The normalized spacial score (nSPS) is 20.1. The predicted molar refractivity (Wildman–Crippen MR) is 135 cm³/mol. The molecule has 3 aliphatic heterocycles. The van der Waals surface area contributed by atoms with Crippen LogP contribution in [0.15, 0.2) is 30.5 Å². The molecule has 36 heavy (non-hydrogen) atoms. The summed E-state index contributed by atoms with van der Waals surface area (Å²) in [7, 11) is 0. The molecular formula is C26H34N6O4. The lowest BCUT2D eigenvalue weighted by molar-refractivity contribution is -0.0471. The van der Waals surface area contributed by atoms with Crippen molar-refractivity contribution in [2.75, 3.05) is 36.4 Å². The third-order valence-corrected chi connectivity index (χ3v) is 7.58. The average Bonchev–Trinajstić information content (AvgIpc) is 2.83. The number of ether oxygens (including phenoxy) is 1. The second-order valence-corrected chi connectivity index (χ2v) is 10.6. The van der Waals surface area contributed by atoms with E-state index < -0.39 is 6.09 Å². The largest absolute Gasteiger partial charge is 0.465 e. The van der Waals surface area contributed by atoms with E-state index in [2.05, 4.69) is 51.4 Å². The van der Waals surface area contributed by atoms with Crippen molar-refractivity contribution in [1.82, 2.24) is 19.8 Å². The Morgan fingerprint density at radius 2 is 1.86 bits per heavy atom. The number of anilines is 2.